The summed E-state index contributed by atoms with van der Waals surface area (Å²) in [7, 11) is 0. The Kier molecular flexibility index (Phi) is 4.79. The van der Waals surface area contributed by atoms with Gasteiger partial charge in [0.05, 0.1) is 0 Å². The van der Waals surface area contributed by atoms with E-state index in [4.69, 9.17) is 9.47 Å². The molecule has 27 heavy (non-hydrogen) atoms. The van der Waals surface area contributed by atoms with Crippen molar-refractivity contribution in [1.82, 2.24) is 4.90 Å². The molecule has 0 bridgehead atoms. The zero-order valence-electron chi connectivity index (χ0n) is 16.0. The fourth-order valence-electron chi connectivity index (χ4n) is 5.18. The minimum atomic E-state index is -0.0216. The quantitative estimate of drug-likeness (QED) is 0.733. The summed E-state index contributed by atoms with van der Waals surface area (Å²) in [6, 6.07) is 17.7. The number of piperidine rings is 1. The number of para-hydroxylation sites is 2. The molecule has 1 aliphatic carbocycles. The Labute approximate surface area is 162 Å². The van der Waals surface area contributed by atoms with Gasteiger partial charge in [-0.25, -0.2) is 0 Å². The molecule has 1 saturated carbocycles. The van der Waals surface area contributed by atoms with E-state index in [1.54, 1.807) is 0 Å². The molecule has 0 N–H and O–H groups in total. The fraction of sp³-hybridized carbons (Fsp3) is 0.500. The molecule has 0 radical (unpaired) electrons. The summed E-state index contributed by atoms with van der Waals surface area (Å²) >= 11 is 0. The first-order valence-electron chi connectivity index (χ1n) is 10.6. The summed E-state index contributed by atoms with van der Waals surface area (Å²) in [5.74, 6) is 2.63. The molecule has 3 aliphatic rings. The van der Waals surface area contributed by atoms with Gasteiger partial charge in [0.2, 0.25) is 0 Å². The van der Waals surface area contributed by atoms with Crippen LogP contribution in [0.4, 0.5) is 0 Å². The number of likely N-dealkylation sites (tertiary alicyclic amines) is 1. The molecule has 2 heterocycles. The van der Waals surface area contributed by atoms with Crippen LogP contribution < -0.4 is 9.47 Å². The number of nitrogens with zero attached hydrogens (tertiary/aromatic N) is 1. The second-order valence-corrected chi connectivity index (χ2v) is 8.33. The van der Waals surface area contributed by atoms with Gasteiger partial charge in [0, 0.05) is 12.6 Å². The van der Waals surface area contributed by atoms with Gasteiger partial charge in [-0.1, -0.05) is 49.2 Å². The molecule has 3 atom stereocenters. The van der Waals surface area contributed by atoms with E-state index in [0.717, 1.165) is 30.0 Å². The monoisotopic (exact) mass is 363 g/mol. The predicted octanol–water partition coefficient (Wildman–Crippen LogP) is 5.35. The maximum atomic E-state index is 6.14. The van der Waals surface area contributed by atoms with Gasteiger partial charge in [-0.3, -0.25) is 4.90 Å². The van der Waals surface area contributed by atoms with Crippen LogP contribution in [-0.4, -0.2) is 24.1 Å². The molecule has 1 saturated heterocycles. The van der Waals surface area contributed by atoms with Gasteiger partial charge in [-0.15, -0.1) is 0 Å². The molecule has 0 amide bonds. The second kappa shape index (κ2) is 7.55. The topological polar surface area (TPSA) is 21.7 Å². The summed E-state index contributed by atoms with van der Waals surface area (Å²) in [6.45, 7) is 2.93. The van der Waals surface area contributed by atoms with Crippen molar-refractivity contribution in [2.45, 2.75) is 57.2 Å². The lowest BCUT2D eigenvalue weighted by Gasteiger charge is -2.44. The highest BCUT2D eigenvalue weighted by Gasteiger charge is 2.33. The molecule has 3 nitrogen and oxygen atoms in total. The highest BCUT2D eigenvalue weighted by Crippen LogP contribution is 2.37. The highest BCUT2D eigenvalue weighted by atomic mass is 16.6. The molecular weight excluding hydrogens is 334 g/mol. The van der Waals surface area contributed by atoms with E-state index < -0.39 is 0 Å². The highest BCUT2D eigenvalue weighted by molar-refractivity contribution is 5.41. The molecule has 0 spiro atoms. The third-order valence-corrected chi connectivity index (χ3v) is 6.60. The smallest absolute Gasteiger partial charge is 0.162 e. The first kappa shape index (κ1) is 17.1. The van der Waals surface area contributed by atoms with E-state index in [1.807, 2.05) is 24.3 Å². The van der Waals surface area contributed by atoms with Crippen molar-refractivity contribution in [1.29, 1.82) is 0 Å². The van der Waals surface area contributed by atoms with Gasteiger partial charge in [-0.05, 0) is 61.4 Å². The normalized spacial score (nSPS) is 27.8. The average molecular weight is 364 g/mol. The van der Waals surface area contributed by atoms with Crippen molar-refractivity contribution in [2.24, 2.45) is 5.92 Å². The molecule has 142 valence electrons. The molecule has 5 rings (SSSR count). The summed E-state index contributed by atoms with van der Waals surface area (Å²) < 4.78 is 12.0. The largest absolute Gasteiger partial charge is 0.485 e. The van der Waals surface area contributed by atoms with Crippen molar-refractivity contribution in [3.05, 3.63) is 59.7 Å². The lowest BCUT2D eigenvalue weighted by atomic mass is 9.78. The number of benzene rings is 2. The van der Waals surface area contributed by atoms with E-state index in [2.05, 4.69) is 29.2 Å². The van der Waals surface area contributed by atoms with Crippen LogP contribution in [0.3, 0.4) is 0 Å². The van der Waals surface area contributed by atoms with Crippen molar-refractivity contribution >= 4 is 0 Å². The molecule has 0 unspecified atom stereocenters. The third-order valence-electron chi connectivity index (χ3n) is 6.60. The first-order chi connectivity index (χ1) is 13.4. The molecule has 2 fully saturated rings. The van der Waals surface area contributed by atoms with E-state index in [0.29, 0.717) is 6.61 Å². The molecule has 2 aromatic carbocycles. The molecule has 2 aliphatic heterocycles. The fourth-order valence-corrected chi connectivity index (χ4v) is 5.18. The van der Waals surface area contributed by atoms with Crippen LogP contribution in [0.1, 0.15) is 55.8 Å². The summed E-state index contributed by atoms with van der Waals surface area (Å²) in [4.78, 5) is 2.75. The Morgan fingerprint density at radius 3 is 2.52 bits per heavy atom. The maximum absolute atomic E-state index is 6.14. The Morgan fingerprint density at radius 2 is 1.63 bits per heavy atom. The lowest BCUT2D eigenvalue weighted by Crippen LogP contribution is -2.46. The van der Waals surface area contributed by atoms with Crippen LogP contribution in [0, 0.1) is 5.92 Å². The van der Waals surface area contributed by atoms with E-state index >= 15 is 0 Å². The van der Waals surface area contributed by atoms with Crippen LogP contribution in [0.15, 0.2) is 48.5 Å². The maximum Gasteiger partial charge on any atom is 0.162 e. The van der Waals surface area contributed by atoms with Crippen LogP contribution in [0.2, 0.25) is 0 Å². The third kappa shape index (κ3) is 3.58. The minimum absolute atomic E-state index is 0.0216. The van der Waals surface area contributed by atoms with Gasteiger partial charge in [0.1, 0.15) is 6.61 Å². The van der Waals surface area contributed by atoms with Crippen molar-refractivity contribution in [3.63, 3.8) is 0 Å². The van der Waals surface area contributed by atoms with Gasteiger partial charge in [-0.2, -0.15) is 0 Å². The molecule has 0 aromatic heterocycles. The number of ether oxygens (including phenoxy) is 2. The van der Waals surface area contributed by atoms with Crippen LogP contribution in [-0.2, 0) is 6.54 Å². The average Bonchev–Trinajstić information content (AvgIpc) is 2.74. The van der Waals surface area contributed by atoms with E-state index in [9.17, 15) is 0 Å². The number of rotatable bonds is 3. The Morgan fingerprint density at radius 1 is 0.852 bits per heavy atom. The minimum Gasteiger partial charge on any atom is -0.485 e. The van der Waals surface area contributed by atoms with E-state index in [1.165, 1.54) is 56.2 Å². The van der Waals surface area contributed by atoms with Crippen LogP contribution >= 0.6 is 0 Å². The first-order valence-corrected chi connectivity index (χ1v) is 10.6. The lowest BCUT2D eigenvalue weighted by molar-refractivity contribution is 0.0546. The number of hydrogen-bond acceptors (Lipinski definition) is 3. The summed E-state index contributed by atoms with van der Waals surface area (Å²) in [6.07, 6.45) is 8.49. The Bertz CT molecular complexity index is 770. The van der Waals surface area contributed by atoms with Crippen molar-refractivity contribution in [2.75, 3.05) is 13.2 Å². The number of hydrogen-bond donors (Lipinski definition) is 0. The van der Waals surface area contributed by atoms with Crippen LogP contribution in [0.25, 0.3) is 0 Å². The SMILES string of the molecule is c1ccc2c(c1)OC[C@H](c1ccc(CN3CCC[C@H]4CCCC[C@@H]43)cc1)O2. The van der Waals surface area contributed by atoms with Gasteiger partial charge >= 0.3 is 0 Å². The number of fused-ring (bicyclic) bond motifs is 2. The molecular formula is C24H29NO2. The molecule has 2 aromatic rings. The van der Waals surface area contributed by atoms with Gasteiger partial charge in [0.25, 0.3) is 0 Å². The van der Waals surface area contributed by atoms with Crippen LogP contribution in [0.5, 0.6) is 11.5 Å². The van der Waals surface area contributed by atoms with Gasteiger partial charge < -0.3 is 9.47 Å². The zero-order valence-corrected chi connectivity index (χ0v) is 16.0. The van der Waals surface area contributed by atoms with Gasteiger partial charge in [0.15, 0.2) is 17.6 Å². The van der Waals surface area contributed by atoms with E-state index in [-0.39, 0.29) is 6.10 Å². The molecule has 3 heteroatoms. The zero-order chi connectivity index (χ0) is 18.1. The standard InChI is InChI=1S/C24H29NO2/c1-2-8-21-19(6-1)7-5-15-25(21)16-18-11-13-20(14-12-18)24-17-26-22-9-3-4-10-23(22)27-24/h3-4,9-14,19,21,24H,1-2,5-8,15-17H2/t19-,21+,24-/m1/s1. The van der Waals surface area contributed by atoms with Crippen molar-refractivity contribution in [3.8, 4) is 11.5 Å². The Balaban J connectivity index is 1.25. The van der Waals surface area contributed by atoms with Crippen molar-refractivity contribution < 1.29 is 9.47 Å². The second-order valence-electron chi connectivity index (χ2n) is 8.33. The predicted molar refractivity (Wildman–Crippen MR) is 107 cm³/mol. The summed E-state index contributed by atoms with van der Waals surface area (Å²) in [5, 5.41) is 0. The summed E-state index contributed by atoms with van der Waals surface area (Å²) in [5.41, 5.74) is 2.62. The Hall–Kier alpha value is -2.00.